The van der Waals surface area contributed by atoms with Crippen molar-refractivity contribution in [3.05, 3.63) is 60.7 Å². The number of aromatic nitrogens is 6. The summed E-state index contributed by atoms with van der Waals surface area (Å²) in [4.78, 5) is 17.0. The van der Waals surface area contributed by atoms with Crippen LogP contribution in [0, 0.1) is 0 Å². The topological polar surface area (TPSA) is 111 Å². The zero-order valence-electron chi connectivity index (χ0n) is 17.4. The highest BCUT2D eigenvalue weighted by molar-refractivity contribution is 7.99. The molecule has 0 unspecified atom stereocenters. The van der Waals surface area contributed by atoms with Gasteiger partial charge in [-0.3, -0.25) is 14.5 Å². The summed E-state index contributed by atoms with van der Waals surface area (Å²) in [6, 6.07) is 15.1. The minimum absolute atomic E-state index is 0.124. The summed E-state index contributed by atoms with van der Waals surface area (Å²) in [6.07, 6.45) is 3.97. The molecule has 1 fully saturated rings. The molecule has 0 aliphatic heterocycles. The van der Waals surface area contributed by atoms with Gasteiger partial charge in [0, 0.05) is 22.9 Å². The molecule has 4 aromatic rings. The van der Waals surface area contributed by atoms with Crippen LogP contribution in [0.25, 0.3) is 17.1 Å². The fourth-order valence-corrected chi connectivity index (χ4v) is 3.94. The normalized spacial score (nSPS) is 13.2. The van der Waals surface area contributed by atoms with Gasteiger partial charge in [-0.1, -0.05) is 11.8 Å². The Hall–Kier alpha value is -3.66. The lowest BCUT2D eigenvalue weighted by Crippen LogP contribution is -2.14. The molecule has 0 bridgehead atoms. The third kappa shape index (κ3) is 4.50. The highest BCUT2D eigenvalue weighted by Gasteiger charge is 2.27. The summed E-state index contributed by atoms with van der Waals surface area (Å²) in [5, 5.41) is 18.9. The van der Waals surface area contributed by atoms with Gasteiger partial charge in [0.15, 0.2) is 11.0 Å². The van der Waals surface area contributed by atoms with Crippen LogP contribution in [0.15, 0.2) is 60.0 Å². The van der Waals surface area contributed by atoms with Gasteiger partial charge in [0.2, 0.25) is 5.91 Å². The first-order valence-electron chi connectivity index (χ1n) is 10.2. The van der Waals surface area contributed by atoms with Gasteiger partial charge >= 0.3 is 0 Å². The van der Waals surface area contributed by atoms with Crippen molar-refractivity contribution < 1.29 is 9.53 Å². The molecule has 1 aliphatic carbocycles. The number of nitrogens with zero attached hydrogens (tertiary/aromatic N) is 5. The van der Waals surface area contributed by atoms with E-state index in [9.17, 15) is 4.79 Å². The van der Waals surface area contributed by atoms with Crippen LogP contribution < -0.4 is 10.1 Å². The highest BCUT2D eigenvalue weighted by Crippen LogP contribution is 2.38. The van der Waals surface area contributed by atoms with Gasteiger partial charge in [0.25, 0.3) is 0 Å². The first-order chi connectivity index (χ1) is 15.7. The van der Waals surface area contributed by atoms with Crippen LogP contribution in [0.1, 0.15) is 24.6 Å². The van der Waals surface area contributed by atoms with Crippen LogP contribution in [0.3, 0.4) is 0 Å². The highest BCUT2D eigenvalue weighted by atomic mass is 32.2. The minimum Gasteiger partial charge on any atom is -0.497 e. The van der Waals surface area contributed by atoms with Gasteiger partial charge < -0.3 is 10.1 Å². The molecule has 1 amide bonds. The molecule has 162 valence electrons. The number of hydrogen-bond donors (Lipinski definition) is 2. The van der Waals surface area contributed by atoms with E-state index in [0.29, 0.717) is 22.6 Å². The molecule has 2 N–H and O–H groups in total. The van der Waals surface area contributed by atoms with Gasteiger partial charge in [0.05, 0.1) is 12.9 Å². The predicted octanol–water partition coefficient (Wildman–Crippen LogP) is 3.67. The summed E-state index contributed by atoms with van der Waals surface area (Å²) in [6.45, 7) is 0. The van der Waals surface area contributed by atoms with Gasteiger partial charge in [0.1, 0.15) is 17.9 Å². The summed E-state index contributed by atoms with van der Waals surface area (Å²) in [5.41, 5.74) is 2.52. The average molecular weight is 448 g/mol. The van der Waals surface area contributed by atoms with E-state index in [-0.39, 0.29) is 11.7 Å². The number of thioether (sulfide) groups is 1. The van der Waals surface area contributed by atoms with Crippen molar-refractivity contribution in [3.63, 3.8) is 0 Å². The van der Waals surface area contributed by atoms with Crippen LogP contribution in [0.5, 0.6) is 5.75 Å². The molecule has 0 saturated heterocycles. The number of hydrogen-bond acceptors (Lipinski definition) is 7. The number of rotatable bonds is 8. The van der Waals surface area contributed by atoms with Gasteiger partial charge in [-0.15, -0.1) is 10.2 Å². The van der Waals surface area contributed by atoms with Crippen molar-refractivity contribution in [1.29, 1.82) is 0 Å². The molecule has 1 aliphatic rings. The minimum atomic E-state index is -0.124. The lowest BCUT2D eigenvalue weighted by atomic mass is 10.2. The first kappa shape index (κ1) is 20.3. The van der Waals surface area contributed by atoms with Crippen LogP contribution in [0.2, 0.25) is 0 Å². The number of carbonyl (C=O) groups excluding carboxylic acids is 1. The zero-order valence-corrected chi connectivity index (χ0v) is 18.2. The van der Waals surface area contributed by atoms with Crippen LogP contribution in [-0.4, -0.2) is 48.7 Å². The summed E-state index contributed by atoms with van der Waals surface area (Å²) in [7, 11) is 1.63. The quantitative estimate of drug-likeness (QED) is 0.397. The maximum absolute atomic E-state index is 12.4. The predicted molar refractivity (Wildman–Crippen MR) is 121 cm³/mol. The van der Waals surface area contributed by atoms with Gasteiger partial charge in [-0.2, -0.15) is 5.10 Å². The standard InChI is InChI=1S/C22H21N7O2S/c1-31-18-10-8-17(9-11-18)29-13-23-28-22(29)32-12-19(30)24-16-6-4-15(5-7-16)21-25-20(26-27-21)14-2-3-14/h4-11,13-14H,2-3,12H2,1H3,(H,24,30)(H,25,26,27). The number of methoxy groups -OCH3 is 1. The van der Waals surface area contributed by atoms with Crippen LogP contribution >= 0.6 is 11.8 Å². The maximum atomic E-state index is 12.4. The molecule has 1 saturated carbocycles. The number of carbonyl (C=O) groups is 1. The van der Waals surface area contributed by atoms with E-state index >= 15 is 0 Å². The van der Waals surface area contributed by atoms with E-state index in [2.05, 4.69) is 30.7 Å². The van der Waals surface area contributed by atoms with Gasteiger partial charge in [-0.05, 0) is 61.4 Å². The molecule has 2 aromatic heterocycles. The molecule has 2 aromatic carbocycles. The second kappa shape index (κ2) is 8.83. The average Bonchev–Trinajstić information content (AvgIpc) is 3.37. The number of benzene rings is 2. The van der Waals surface area contributed by atoms with E-state index in [1.165, 1.54) is 24.6 Å². The Kier molecular flexibility index (Phi) is 5.59. The Bertz CT molecular complexity index is 1210. The Morgan fingerprint density at radius 2 is 1.97 bits per heavy atom. The number of nitrogens with one attached hydrogen (secondary N) is 2. The molecule has 10 heteroatoms. The lowest BCUT2D eigenvalue weighted by molar-refractivity contribution is -0.113. The molecule has 5 rings (SSSR count). The summed E-state index contributed by atoms with van der Waals surface area (Å²) < 4.78 is 7.02. The van der Waals surface area contributed by atoms with Crippen molar-refractivity contribution >= 4 is 23.4 Å². The molecule has 9 nitrogen and oxygen atoms in total. The van der Waals surface area contributed by atoms with Gasteiger partial charge in [-0.25, -0.2) is 4.98 Å². The maximum Gasteiger partial charge on any atom is 0.234 e. The number of anilines is 1. The monoisotopic (exact) mass is 447 g/mol. The van der Waals surface area contributed by atoms with Crippen LogP contribution in [0.4, 0.5) is 5.69 Å². The van der Waals surface area contributed by atoms with Crippen molar-refractivity contribution in [2.75, 3.05) is 18.2 Å². The van der Waals surface area contributed by atoms with Crippen molar-refractivity contribution in [3.8, 4) is 22.8 Å². The van der Waals surface area contributed by atoms with Crippen molar-refractivity contribution in [1.82, 2.24) is 29.9 Å². The largest absolute Gasteiger partial charge is 0.497 e. The molecule has 2 heterocycles. The second-order valence-electron chi connectivity index (χ2n) is 7.41. The fourth-order valence-electron chi connectivity index (χ4n) is 3.22. The summed E-state index contributed by atoms with van der Waals surface area (Å²) >= 11 is 1.32. The number of ether oxygens (including phenoxy) is 1. The first-order valence-corrected chi connectivity index (χ1v) is 11.2. The number of amides is 1. The third-order valence-corrected chi connectivity index (χ3v) is 6.04. The molecule has 32 heavy (non-hydrogen) atoms. The zero-order chi connectivity index (χ0) is 21.9. The molecular weight excluding hydrogens is 426 g/mol. The van der Waals surface area contributed by atoms with Crippen LogP contribution in [-0.2, 0) is 4.79 Å². The molecule has 0 spiro atoms. The summed E-state index contributed by atoms with van der Waals surface area (Å²) in [5.74, 6) is 3.02. The SMILES string of the molecule is COc1ccc(-n2cnnc2SCC(=O)Nc2ccc(-c3n[nH]c(C4CC4)n3)cc2)cc1. The Labute approximate surface area is 188 Å². The Balaban J connectivity index is 1.18. The Morgan fingerprint density at radius 3 is 2.69 bits per heavy atom. The Morgan fingerprint density at radius 1 is 1.19 bits per heavy atom. The smallest absolute Gasteiger partial charge is 0.234 e. The van der Waals surface area contributed by atoms with E-state index in [1.807, 2.05) is 53.1 Å². The van der Waals surface area contributed by atoms with E-state index in [0.717, 1.165) is 22.8 Å². The molecular formula is C22H21N7O2S. The third-order valence-electron chi connectivity index (χ3n) is 5.09. The molecule has 0 atom stereocenters. The van der Waals surface area contributed by atoms with E-state index < -0.39 is 0 Å². The van der Waals surface area contributed by atoms with E-state index in [4.69, 9.17) is 4.74 Å². The van der Waals surface area contributed by atoms with Crippen molar-refractivity contribution in [2.45, 2.75) is 23.9 Å². The molecule has 0 radical (unpaired) electrons. The number of H-pyrrole nitrogens is 1. The number of aromatic amines is 1. The van der Waals surface area contributed by atoms with Crippen molar-refractivity contribution in [2.24, 2.45) is 0 Å². The van der Waals surface area contributed by atoms with E-state index in [1.54, 1.807) is 13.4 Å². The fraction of sp³-hybridized carbons (Fsp3) is 0.227. The lowest BCUT2D eigenvalue weighted by Gasteiger charge is -2.08. The second-order valence-corrected chi connectivity index (χ2v) is 8.36.